The van der Waals surface area contributed by atoms with E-state index in [2.05, 4.69) is 4.72 Å². The molecule has 0 saturated heterocycles. The molecule has 0 radical (unpaired) electrons. The Kier molecular flexibility index (Phi) is 4.89. The van der Waals surface area contributed by atoms with Crippen LogP contribution < -0.4 is 4.72 Å². The Morgan fingerprint density at radius 1 is 1.14 bits per heavy atom. The Morgan fingerprint density at radius 3 is 2.41 bits per heavy atom. The number of nitrogens with one attached hydrogen (secondary N) is 1. The first-order chi connectivity index (χ1) is 10.4. The summed E-state index contributed by atoms with van der Waals surface area (Å²) < 4.78 is 39.6. The van der Waals surface area contributed by atoms with Crippen LogP contribution in [0.15, 0.2) is 59.5 Å². The van der Waals surface area contributed by atoms with E-state index in [-0.39, 0.29) is 11.3 Å². The molecule has 0 amide bonds. The molecule has 2 rings (SSSR count). The van der Waals surface area contributed by atoms with Crippen molar-refractivity contribution in [3.8, 4) is 0 Å². The van der Waals surface area contributed by atoms with Gasteiger partial charge in [0.1, 0.15) is 11.9 Å². The fraction of sp³-hybridized carbons (Fsp3) is 0.133. The van der Waals surface area contributed by atoms with E-state index in [1.807, 2.05) is 0 Å². The Labute approximate surface area is 127 Å². The van der Waals surface area contributed by atoms with Gasteiger partial charge in [0.05, 0.1) is 4.90 Å². The van der Waals surface area contributed by atoms with Gasteiger partial charge in [-0.3, -0.25) is 4.79 Å². The van der Waals surface area contributed by atoms with Gasteiger partial charge in [-0.05, 0) is 36.2 Å². The van der Waals surface area contributed by atoms with Gasteiger partial charge in [0.25, 0.3) is 0 Å². The van der Waals surface area contributed by atoms with Gasteiger partial charge in [-0.2, -0.15) is 4.72 Å². The van der Waals surface area contributed by atoms with Crippen LogP contribution in [0.3, 0.4) is 0 Å². The monoisotopic (exact) mass is 323 g/mol. The van der Waals surface area contributed by atoms with Crippen molar-refractivity contribution in [2.24, 2.45) is 0 Å². The maximum atomic E-state index is 13.1. The fourth-order valence-electron chi connectivity index (χ4n) is 1.93. The number of aliphatic carboxylic acids is 1. The second-order valence-electron chi connectivity index (χ2n) is 4.66. The van der Waals surface area contributed by atoms with Gasteiger partial charge in [-0.15, -0.1) is 0 Å². The van der Waals surface area contributed by atoms with Crippen molar-refractivity contribution in [1.82, 2.24) is 4.72 Å². The molecule has 0 spiro atoms. The highest BCUT2D eigenvalue weighted by Gasteiger charge is 2.25. The smallest absolute Gasteiger partial charge is 0.322 e. The number of hydrogen-bond donors (Lipinski definition) is 2. The molecular weight excluding hydrogens is 309 g/mol. The van der Waals surface area contributed by atoms with Crippen LogP contribution in [0.1, 0.15) is 5.56 Å². The van der Waals surface area contributed by atoms with E-state index in [4.69, 9.17) is 0 Å². The van der Waals surface area contributed by atoms with E-state index in [1.54, 1.807) is 6.07 Å². The second-order valence-corrected chi connectivity index (χ2v) is 6.37. The molecule has 0 bridgehead atoms. The summed E-state index contributed by atoms with van der Waals surface area (Å²) in [6.45, 7) is 0. The minimum atomic E-state index is -3.96. The number of carbonyl (C=O) groups is 1. The van der Waals surface area contributed by atoms with Crippen molar-refractivity contribution in [2.75, 3.05) is 0 Å². The van der Waals surface area contributed by atoms with Gasteiger partial charge in [0, 0.05) is 0 Å². The molecule has 1 atom stereocenters. The number of sulfonamides is 1. The molecule has 1 unspecified atom stereocenters. The summed E-state index contributed by atoms with van der Waals surface area (Å²) >= 11 is 0. The number of halogens is 1. The molecule has 0 aromatic heterocycles. The topological polar surface area (TPSA) is 83.5 Å². The van der Waals surface area contributed by atoms with Crippen LogP contribution in [0.25, 0.3) is 0 Å². The summed E-state index contributed by atoms with van der Waals surface area (Å²) in [5, 5.41) is 9.19. The summed E-state index contributed by atoms with van der Waals surface area (Å²) in [5.74, 6) is -1.84. The molecule has 2 N–H and O–H groups in total. The van der Waals surface area contributed by atoms with Crippen molar-refractivity contribution in [2.45, 2.75) is 17.4 Å². The first-order valence-corrected chi connectivity index (χ1v) is 7.91. The van der Waals surface area contributed by atoms with Crippen LogP contribution in [0.4, 0.5) is 4.39 Å². The lowest BCUT2D eigenvalue weighted by Crippen LogP contribution is -2.42. The molecule has 2 aromatic carbocycles. The van der Waals surface area contributed by atoms with E-state index in [9.17, 15) is 22.7 Å². The van der Waals surface area contributed by atoms with Crippen LogP contribution in [-0.4, -0.2) is 25.5 Å². The summed E-state index contributed by atoms with van der Waals surface area (Å²) in [5.41, 5.74) is 0.392. The minimum absolute atomic E-state index is 0.0273. The maximum Gasteiger partial charge on any atom is 0.322 e. The standard InChI is InChI=1S/C15H14FNO4S/c16-12-6-4-5-11(9-12)10-14(15(18)19)17-22(20,21)13-7-2-1-3-8-13/h1-9,14,17H,10H2,(H,18,19). The van der Waals surface area contributed by atoms with Crippen LogP contribution in [0, 0.1) is 5.82 Å². The highest BCUT2D eigenvalue weighted by molar-refractivity contribution is 7.89. The molecule has 22 heavy (non-hydrogen) atoms. The Morgan fingerprint density at radius 2 is 1.82 bits per heavy atom. The van der Waals surface area contributed by atoms with E-state index in [0.717, 1.165) is 0 Å². The largest absolute Gasteiger partial charge is 0.480 e. The number of rotatable bonds is 6. The molecule has 0 aliphatic rings. The third-order valence-corrected chi connectivity index (χ3v) is 4.47. The SMILES string of the molecule is O=C(O)C(Cc1cccc(F)c1)NS(=O)(=O)c1ccccc1. The second kappa shape index (κ2) is 6.67. The first kappa shape index (κ1) is 16.1. The fourth-order valence-corrected chi connectivity index (χ4v) is 3.14. The van der Waals surface area contributed by atoms with Crippen molar-refractivity contribution in [3.63, 3.8) is 0 Å². The van der Waals surface area contributed by atoms with Crippen molar-refractivity contribution in [1.29, 1.82) is 0 Å². The number of hydrogen-bond acceptors (Lipinski definition) is 3. The normalized spacial score (nSPS) is 12.8. The third kappa shape index (κ3) is 4.12. The lowest BCUT2D eigenvalue weighted by Gasteiger charge is -2.15. The Hall–Kier alpha value is -2.25. The maximum absolute atomic E-state index is 13.1. The lowest BCUT2D eigenvalue weighted by atomic mass is 10.1. The zero-order chi connectivity index (χ0) is 16.2. The van der Waals surface area contributed by atoms with Crippen LogP contribution in [-0.2, 0) is 21.2 Å². The average Bonchev–Trinajstić information content (AvgIpc) is 2.47. The minimum Gasteiger partial charge on any atom is -0.480 e. The third-order valence-electron chi connectivity index (χ3n) is 2.98. The first-order valence-electron chi connectivity index (χ1n) is 6.43. The van der Waals surface area contributed by atoms with E-state index < -0.39 is 27.9 Å². The summed E-state index contributed by atoms with van der Waals surface area (Å²) in [6, 6.07) is 11.5. The molecule has 116 valence electrons. The van der Waals surface area contributed by atoms with Gasteiger partial charge >= 0.3 is 5.97 Å². The summed E-state index contributed by atoms with van der Waals surface area (Å²) in [7, 11) is -3.96. The van der Waals surface area contributed by atoms with Crippen LogP contribution in [0.5, 0.6) is 0 Å². The Balaban J connectivity index is 2.21. The van der Waals surface area contributed by atoms with Crippen LogP contribution in [0.2, 0.25) is 0 Å². The van der Waals surface area contributed by atoms with E-state index in [0.29, 0.717) is 5.56 Å². The van der Waals surface area contributed by atoms with Crippen molar-refractivity contribution in [3.05, 3.63) is 66.0 Å². The van der Waals surface area contributed by atoms with Crippen molar-refractivity contribution >= 4 is 16.0 Å². The highest BCUT2D eigenvalue weighted by Crippen LogP contribution is 2.11. The number of benzene rings is 2. The molecule has 7 heteroatoms. The van der Waals surface area contributed by atoms with Crippen LogP contribution >= 0.6 is 0 Å². The van der Waals surface area contributed by atoms with E-state index >= 15 is 0 Å². The van der Waals surface area contributed by atoms with Gasteiger partial charge in [-0.1, -0.05) is 30.3 Å². The predicted octanol–water partition coefficient (Wildman–Crippen LogP) is 1.80. The van der Waals surface area contributed by atoms with Gasteiger partial charge in [0.15, 0.2) is 0 Å². The van der Waals surface area contributed by atoms with Gasteiger partial charge in [0.2, 0.25) is 10.0 Å². The quantitative estimate of drug-likeness (QED) is 0.849. The molecule has 0 saturated carbocycles. The zero-order valence-corrected chi connectivity index (χ0v) is 12.3. The lowest BCUT2D eigenvalue weighted by molar-refractivity contribution is -0.138. The molecular formula is C15H14FNO4S. The number of carboxylic acid groups (broad SMARTS) is 1. The van der Waals surface area contributed by atoms with Crippen molar-refractivity contribution < 1.29 is 22.7 Å². The van der Waals surface area contributed by atoms with Gasteiger partial charge < -0.3 is 5.11 Å². The molecule has 0 heterocycles. The summed E-state index contributed by atoms with van der Waals surface area (Å²) in [4.78, 5) is 11.2. The van der Waals surface area contributed by atoms with E-state index in [1.165, 1.54) is 48.5 Å². The Bertz CT molecular complexity index is 762. The predicted molar refractivity (Wildman–Crippen MR) is 78.3 cm³/mol. The summed E-state index contributed by atoms with van der Waals surface area (Å²) in [6.07, 6.45) is -0.154. The molecule has 0 aliphatic heterocycles. The molecule has 0 fully saturated rings. The highest BCUT2D eigenvalue weighted by atomic mass is 32.2. The zero-order valence-electron chi connectivity index (χ0n) is 11.4. The molecule has 0 aliphatic carbocycles. The average molecular weight is 323 g/mol. The van der Waals surface area contributed by atoms with Gasteiger partial charge in [-0.25, -0.2) is 12.8 Å². The number of carboxylic acids is 1. The molecule has 5 nitrogen and oxygen atoms in total. The molecule has 2 aromatic rings.